The molecule has 0 atom stereocenters. The van der Waals surface area contributed by atoms with Crippen LogP contribution in [0.4, 0.5) is 14.5 Å². The number of carbonyl (C=O) groups excluding carboxylic acids is 1. The standard InChI is InChI=1S/C17H18F2N2O4S/c1-10-8-15(11(2)7-14(10)25-3)26(23,24)20-9-16(22)21-17-12(18)5-4-6-13(17)19/h4-8,20H,9H2,1-3H3,(H,21,22). The van der Waals surface area contributed by atoms with Crippen LogP contribution in [-0.2, 0) is 14.8 Å². The summed E-state index contributed by atoms with van der Waals surface area (Å²) in [5.74, 6) is -2.28. The van der Waals surface area contributed by atoms with Crippen molar-refractivity contribution in [3.8, 4) is 5.75 Å². The number of anilines is 1. The highest BCUT2D eigenvalue weighted by Crippen LogP contribution is 2.25. The molecule has 0 unspecified atom stereocenters. The van der Waals surface area contributed by atoms with Crippen LogP contribution in [0.5, 0.6) is 5.75 Å². The summed E-state index contributed by atoms with van der Waals surface area (Å²) in [6.45, 7) is 2.59. The van der Waals surface area contributed by atoms with Gasteiger partial charge in [-0.15, -0.1) is 0 Å². The lowest BCUT2D eigenvalue weighted by Gasteiger charge is -2.13. The van der Waals surface area contributed by atoms with E-state index in [1.54, 1.807) is 19.9 Å². The van der Waals surface area contributed by atoms with Crippen molar-refractivity contribution in [2.45, 2.75) is 18.7 Å². The lowest BCUT2D eigenvalue weighted by atomic mass is 10.1. The molecule has 0 aliphatic carbocycles. The quantitative estimate of drug-likeness (QED) is 0.802. The first-order chi connectivity index (χ1) is 12.2. The van der Waals surface area contributed by atoms with Crippen LogP contribution in [-0.4, -0.2) is 28.0 Å². The van der Waals surface area contributed by atoms with Gasteiger partial charge in [-0.1, -0.05) is 6.07 Å². The molecule has 0 saturated heterocycles. The summed E-state index contributed by atoms with van der Waals surface area (Å²) in [5, 5.41) is 2.01. The van der Waals surface area contributed by atoms with Crippen LogP contribution in [0.15, 0.2) is 35.2 Å². The van der Waals surface area contributed by atoms with Crippen LogP contribution in [0.2, 0.25) is 0 Å². The van der Waals surface area contributed by atoms with E-state index in [9.17, 15) is 22.0 Å². The number of aryl methyl sites for hydroxylation is 2. The van der Waals surface area contributed by atoms with Gasteiger partial charge >= 0.3 is 0 Å². The molecule has 0 heterocycles. The number of rotatable bonds is 6. The van der Waals surface area contributed by atoms with E-state index in [-0.39, 0.29) is 4.90 Å². The summed E-state index contributed by atoms with van der Waals surface area (Å²) in [7, 11) is -2.53. The van der Waals surface area contributed by atoms with E-state index in [1.165, 1.54) is 13.2 Å². The van der Waals surface area contributed by atoms with Crippen LogP contribution in [0, 0.1) is 25.5 Å². The fraction of sp³-hybridized carbons (Fsp3) is 0.235. The minimum absolute atomic E-state index is 0.0133. The second kappa shape index (κ2) is 7.79. The van der Waals surface area contributed by atoms with E-state index >= 15 is 0 Å². The van der Waals surface area contributed by atoms with Gasteiger partial charge in [0.1, 0.15) is 23.1 Å². The summed E-state index contributed by atoms with van der Waals surface area (Å²) in [4.78, 5) is 11.8. The first-order valence-corrected chi connectivity index (χ1v) is 9.03. The molecule has 2 aromatic rings. The van der Waals surface area contributed by atoms with Crippen molar-refractivity contribution in [3.05, 3.63) is 53.1 Å². The average Bonchev–Trinajstić information content (AvgIpc) is 2.58. The van der Waals surface area contributed by atoms with Crippen molar-refractivity contribution in [2.75, 3.05) is 19.0 Å². The van der Waals surface area contributed by atoms with Crippen molar-refractivity contribution in [3.63, 3.8) is 0 Å². The van der Waals surface area contributed by atoms with Gasteiger partial charge in [0.25, 0.3) is 0 Å². The summed E-state index contributed by atoms with van der Waals surface area (Å²) >= 11 is 0. The van der Waals surface area contributed by atoms with Crippen LogP contribution >= 0.6 is 0 Å². The van der Waals surface area contributed by atoms with Gasteiger partial charge in [0.05, 0.1) is 18.6 Å². The van der Waals surface area contributed by atoms with E-state index in [2.05, 4.69) is 4.72 Å². The molecule has 2 rings (SSSR count). The number of amides is 1. The van der Waals surface area contributed by atoms with Crippen molar-refractivity contribution in [2.24, 2.45) is 0 Å². The number of methoxy groups -OCH3 is 1. The van der Waals surface area contributed by atoms with E-state index in [0.29, 0.717) is 16.9 Å². The lowest BCUT2D eigenvalue weighted by Crippen LogP contribution is -2.33. The Labute approximate surface area is 150 Å². The van der Waals surface area contributed by atoms with Gasteiger partial charge in [0, 0.05) is 0 Å². The molecule has 0 aliphatic rings. The molecule has 0 saturated carbocycles. The van der Waals surface area contributed by atoms with Crippen LogP contribution in [0.1, 0.15) is 11.1 Å². The third-order valence-corrected chi connectivity index (χ3v) is 5.18. The first kappa shape index (κ1) is 19.8. The van der Waals surface area contributed by atoms with Crippen LogP contribution in [0.3, 0.4) is 0 Å². The summed E-state index contributed by atoms with van der Waals surface area (Å²) < 4.78 is 59.1. The Hall–Kier alpha value is -2.52. The maximum Gasteiger partial charge on any atom is 0.241 e. The van der Waals surface area contributed by atoms with Gasteiger partial charge in [-0.05, 0) is 49.2 Å². The number of sulfonamides is 1. The Kier molecular flexibility index (Phi) is 5.94. The normalized spacial score (nSPS) is 11.3. The van der Waals surface area contributed by atoms with E-state index in [0.717, 1.165) is 18.2 Å². The lowest BCUT2D eigenvalue weighted by molar-refractivity contribution is -0.115. The SMILES string of the molecule is COc1cc(C)c(S(=O)(=O)NCC(=O)Nc2c(F)cccc2F)cc1C. The highest BCUT2D eigenvalue weighted by molar-refractivity contribution is 7.89. The van der Waals surface area contributed by atoms with Crippen molar-refractivity contribution in [1.82, 2.24) is 4.72 Å². The number of hydrogen-bond donors (Lipinski definition) is 2. The van der Waals surface area contributed by atoms with Gasteiger partial charge in [0.2, 0.25) is 15.9 Å². The average molecular weight is 384 g/mol. The maximum absolute atomic E-state index is 13.5. The van der Waals surface area contributed by atoms with E-state index in [4.69, 9.17) is 4.74 Å². The summed E-state index contributed by atoms with van der Waals surface area (Å²) in [5.41, 5.74) is 0.407. The Balaban J connectivity index is 2.13. The molecule has 0 bridgehead atoms. The second-order valence-electron chi connectivity index (χ2n) is 5.56. The molecule has 26 heavy (non-hydrogen) atoms. The summed E-state index contributed by atoms with van der Waals surface area (Å²) in [6, 6.07) is 6.10. The first-order valence-electron chi connectivity index (χ1n) is 7.54. The predicted octanol–water partition coefficient (Wildman–Crippen LogP) is 2.51. The number of benzene rings is 2. The van der Waals surface area contributed by atoms with E-state index < -0.39 is 39.8 Å². The molecule has 140 valence electrons. The highest BCUT2D eigenvalue weighted by atomic mass is 32.2. The monoisotopic (exact) mass is 384 g/mol. The number of para-hydroxylation sites is 1. The topological polar surface area (TPSA) is 84.5 Å². The van der Waals surface area contributed by atoms with Gasteiger partial charge in [-0.25, -0.2) is 21.9 Å². The largest absolute Gasteiger partial charge is 0.496 e. The Morgan fingerprint density at radius 1 is 1.12 bits per heavy atom. The number of carbonyl (C=O) groups is 1. The van der Waals surface area contributed by atoms with Crippen LogP contribution in [0.25, 0.3) is 0 Å². The summed E-state index contributed by atoms with van der Waals surface area (Å²) in [6.07, 6.45) is 0. The number of hydrogen-bond acceptors (Lipinski definition) is 4. The Bertz CT molecular complexity index is 926. The molecule has 0 aromatic heterocycles. The zero-order chi connectivity index (χ0) is 19.5. The molecule has 0 radical (unpaired) electrons. The van der Waals surface area contributed by atoms with E-state index in [1.807, 2.05) is 5.32 Å². The minimum atomic E-state index is -4.00. The Morgan fingerprint density at radius 2 is 1.73 bits per heavy atom. The molecule has 1 amide bonds. The fourth-order valence-corrected chi connectivity index (χ4v) is 3.60. The molecule has 2 N–H and O–H groups in total. The fourth-order valence-electron chi connectivity index (χ4n) is 2.31. The molecular weight excluding hydrogens is 366 g/mol. The van der Waals surface area contributed by atoms with Gasteiger partial charge in [-0.3, -0.25) is 4.79 Å². The van der Waals surface area contributed by atoms with Gasteiger partial charge < -0.3 is 10.1 Å². The number of ether oxygens (including phenoxy) is 1. The minimum Gasteiger partial charge on any atom is -0.496 e. The highest BCUT2D eigenvalue weighted by Gasteiger charge is 2.20. The molecule has 0 aliphatic heterocycles. The zero-order valence-electron chi connectivity index (χ0n) is 14.4. The van der Waals surface area contributed by atoms with Gasteiger partial charge in [0.15, 0.2) is 0 Å². The van der Waals surface area contributed by atoms with Crippen molar-refractivity contribution < 1.29 is 26.7 Å². The number of nitrogens with one attached hydrogen (secondary N) is 2. The number of halogens is 2. The molecule has 0 fully saturated rings. The Morgan fingerprint density at radius 3 is 2.31 bits per heavy atom. The molecule has 2 aromatic carbocycles. The predicted molar refractivity (Wildman–Crippen MR) is 92.6 cm³/mol. The van der Waals surface area contributed by atoms with Crippen molar-refractivity contribution >= 4 is 21.6 Å². The third kappa shape index (κ3) is 4.36. The van der Waals surface area contributed by atoms with Crippen LogP contribution < -0.4 is 14.8 Å². The molecule has 0 spiro atoms. The molecule has 9 heteroatoms. The smallest absolute Gasteiger partial charge is 0.241 e. The van der Waals surface area contributed by atoms with Crippen molar-refractivity contribution in [1.29, 1.82) is 0 Å². The zero-order valence-corrected chi connectivity index (χ0v) is 15.2. The maximum atomic E-state index is 13.5. The molecule has 6 nitrogen and oxygen atoms in total. The second-order valence-corrected chi connectivity index (χ2v) is 7.29. The van der Waals surface area contributed by atoms with Gasteiger partial charge in [-0.2, -0.15) is 0 Å². The molecular formula is C17H18F2N2O4S. The third-order valence-electron chi connectivity index (χ3n) is 3.63.